The van der Waals surface area contributed by atoms with E-state index in [1.54, 1.807) is 33.4 Å². The number of hydrogen-bond donors (Lipinski definition) is 0. The van der Waals surface area contributed by atoms with Gasteiger partial charge in [-0.15, -0.1) is 0 Å². The second-order valence-electron chi connectivity index (χ2n) is 50.1. The molecule has 0 N–H and O–H groups in total. The lowest BCUT2D eigenvalue weighted by Crippen LogP contribution is -2.46. The fourth-order valence-corrected chi connectivity index (χ4v) is 25.0. The Morgan fingerprint density at radius 2 is 0.336 bits per heavy atom. The number of piperidine rings is 3. The Morgan fingerprint density at radius 3 is 0.516 bits per heavy atom. The molecular weight excluding hydrogens is 1550 g/mol. The number of likely N-dealkylation sites (tertiary alicyclic amines) is 4. The van der Waals surface area contributed by atoms with Crippen molar-refractivity contribution in [2.75, 3.05) is 26.2 Å². The van der Waals surface area contributed by atoms with Gasteiger partial charge in [0, 0.05) is 48.3 Å². The van der Waals surface area contributed by atoms with E-state index in [9.17, 15) is 0 Å². The van der Waals surface area contributed by atoms with Crippen molar-refractivity contribution in [1.29, 1.82) is 0 Å². The standard InChI is InChI=1S/C13H26.C13H24.C12H24.C12H22.3C11H23N.C11H22.C11H20.C10H21N.C8H16.CH4/c2*1-10(2)12-8-6-5-7-9-13(12)11(3)4;5*1-9(2)11-7-5-6-8-12(11)10(3)4;3*1-8(2)10-6-5-7-11(10)9(3)4;1-7(2)5-6-8(3)4;/h10-13H,5-9H2,1-4H3;10-11H,5-9H2,1-4H3;9-12H,5-8H2,1-4H3;9-10H,5-8H2,1-4H3;3*9-11H,5-8H2,1-4H3;8-11H,5-7H2,1-4H3;8-9H,5-7H2,1-4H3;8-10H,5-7H2,1-4H3;5-8H,1-4H3;1H4. The van der Waals surface area contributed by atoms with Crippen LogP contribution >= 0.6 is 0 Å². The highest BCUT2D eigenvalue weighted by Crippen LogP contribution is 2.44. The van der Waals surface area contributed by atoms with Gasteiger partial charge in [-0.3, -0.25) is 19.6 Å². The average Bonchev–Trinajstić information content (AvgIpc) is 1.82. The minimum absolute atomic E-state index is 0. The van der Waals surface area contributed by atoms with Crippen LogP contribution < -0.4 is 0 Å². The van der Waals surface area contributed by atoms with E-state index in [-0.39, 0.29) is 7.43 Å². The summed E-state index contributed by atoms with van der Waals surface area (Å²) >= 11 is 0. The summed E-state index contributed by atoms with van der Waals surface area (Å²) in [4.78, 5) is 10.7. The molecule has 128 heavy (non-hydrogen) atoms. The molecule has 0 aromatic rings. The summed E-state index contributed by atoms with van der Waals surface area (Å²) in [5.74, 6) is 20.9. The zero-order chi connectivity index (χ0) is 97.2. The van der Waals surface area contributed by atoms with Gasteiger partial charge in [0.15, 0.2) is 0 Å². The van der Waals surface area contributed by atoms with Crippen molar-refractivity contribution in [2.24, 2.45) is 142 Å². The minimum atomic E-state index is 0. The summed E-state index contributed by atoms with van der Waals surface area (Å²) < 4.78 is 0. The molecule has 7 fully saturated rings. The number of nitrogens with zero attached hydrogens (tertiary/aromatic N) is 4. The van der Waals surface area contributed by atoms with Crippen molar-refractivity contribution in [3.63, 3.8) is 0 Å². The number of hydrogen-bond acceptors (Lipinski definition) is 4. The quantitative estimate of drug-likeness (QED) is 0.0791. The van der Waals surface area contributed by atoms with Gasteiger partial charge in [0.2, 0.25) is 0 Å². The van der Waals surface area contributed by atoms with Gasteiger partial charge in [0.1, 0.15) is 0 Å². The highest BCUT2D eigenvalue weighted by molar-refractivity contribution is 5.23. The number of allylic oxidation sites excluding steroid dienone is 8. The predicted molar refractivity (Wildman–Crippen MR) is 589 cm³/mol. The van der Waals surface area contributed by atoms with Crippen molar-refractivity contribution in [1.82, 2.24) is 19.6 Å². The Balaban J connectivity index is 0. The molecule has 0 radical (unpaired) electrons. The van der Waals surface area contributed by atoms with Gasteiger partial charge in [-0.05, 0) is 384 Å². The van der Waals surface area contributed by atoms with E-state index in [1.165, 1.54) is 251 Å². The summed E-state index contributed by atoms with van der Waals surface area (Å²) in [5, 5.41) is 0. The molecule has 10 unspecified atom stereocenters. The molecule has 0 amide bonds. The van der Waals surface area contributed by atoms with Crippen LogP contribution in [0.4, 0.5) is 0 Å². The molecule has 10 aliphatic rings. The van der Waals surface area contributed by atoms with E-state index in [4.69, 9.17) is 0 Å². The van der Waals surface area contributed by atoms with E-state index in [0.717, 1.165) is 179 Å². The fourth-order valence-electron chi connectivity index (χ4n) is 25.0. The smallest absolute Gasteiger partial charge is 0.0121 e. The number of rotatable bonds is 22. The van der Waals surface area contributed by atoms with Crippen LogP contribution in [0.2, 0.25) is 0 Å². The molecule has 764 valence electrons. The maximum Gasteiger partial charge on any atom is 0.0121 e. The van der Waals surface area contributed by atoms with E-state index < -0.39 is 0 Å². The van der Waals surface area contributed by atoms with E-state index in [2.05, 4.69) is 336 Å². The summed E-state index contributed by atoms with van der Waals surface area (Å²) in [7, 11) is 0. The maximum absolute atomic E-state index is 2.67. The highest BCUT2D eigenvalue weighted by Gasteiger charge is 2.35. The van der Waals surface area contributed by atoms with Crippen LogP contribution in [0.3, 0.4) is 0 Å². The zero-order valence-corrected chi connectivity index (χ0v) is 96.0. The molecule has 4 heterocycles. The molecule has 0 bridgehead atoms. The first-order chi connectivity index (χ1) is 59.4. The minimum Gasteiger partial charge on any atom is -0.298 e. The molecule has 3 saturated carbocycles. The first-order valence-electron chi connectivity index (χ1n) is 57.3. The zero-order valence-electron chi connectivity index (χ0n) is 96.0. The molecule has 4 aliphatic heterocycles. The van der Waals surface area contributed by atoms with Crippen LogP contribution in [0.15, 0.2) is 45.6 Å². The monoisotopic (exact) mass is 1790 g/mol. The lowest BCUT2D eigenvalue weighted by Gasteiger charge is -2.40. The van der Waals surface area contributed by atoms with Crippen molar-refractivity contribution in [3.05, 3.63) is 45.6 Å². The second kappa shape index (κ2) is 71.3. The Morgan fingerprint density at radius 1 is 0.172 bits per heavy atom. The van der Waals surface area contributed by atoms with Crippen LogP contribution in [0, 0.1) is 142 Å². The molecule has 4 nitrogen and oxygen atoms in total. The van der Waals surface area contributed by atoms with Crippen molar-refractivity contribution in [2.45, 2.75) is 585 Å². The molecule has 4 heteroatoms. The third-order valence-corrected chi connectivity index (χ3v) is 32.3. The highest BCUT2D eigenvalue weighted by atomic mass is 15.2. The van der Waals surface area contributed by atoms with E-state index in [1.807, 2.05) is 0 Å². The van der Waals surface area contributed by atoms with Gasteiger partial charge in [0.25, 0.3) is 0 Å². The molecular formula is C124H248N4. The Bertz CT molecular complexity index is 2410. The van der Waals surface area contributed by atoms with Crippen LogP contribution in [-0.4, -0.2) is 94.1 Å². The third kappa shape index (κ3) is 51.5. The van der Waals surface area contributed by atoms with Gasteiger partial charge in [-0.2, -0.15) is 0 Å². The van der Waals surface area contributed by atoms with Gasteiger partial charge >= 0.3 is 0 Å². The maximum atomic E-state index is 2.67. The predicted octanol–water partition coefficient (Wildman–Crippen LogP) is 39.5. The van der Waals surface area contributed by atoms with Gasteiger partial charge in [0.05, 0.1) is 0 Å². The largest absolute Gasteiger partial charge is 0.298 e. The van der Waals surface area contributed by atoms with Crippen molar-refractivity contribution < 1.29 is 0 Å². The van der Waals surface area contributed by atoms with Crippen molar-refractivity contribution in [3.8, 4) is 0 Å². The summed E-state index contributed by atoms with van der Waals surface area (Å²) in [6, 6.07) is 6.34. The first-order valence-corrected chi connectivity index (χ1v) is 57.3. The molecule has 10 atom stereocenters. The van der Waals surface area contributed by atoms with Crippen LogP contribution in [0.25, 0.3) is 0 Å². The molecule has 0 aromatic carbocycles. The summed E-state index contributed by atoms with van der Waals surface area (Å²) in [6.45, 7) is 108. The van der Waals surface area contributed by atoms with E-state index in [0.29, 0.717) is 11.8 Å². The Kier molecular flexibility index (Phi) is 71.7. The van der Waals surface area contributed by atoms with E-state index >= 15 is 0 Å². The molecule has 0 spiro atoms. The van der Waals surface area contributed by atoms with Gasteiger partial charge in [-0.25, -0.2) is 0 Å². The lowest BCUT2D eigenvalue weighted by atomic mass is 9.69. The summed E-state index contributed by atoms with van der Waals surface area (Å²) in [6.07, 6.45) is 54.6. The van der Waals surface area contributed by atoms with Gasteiger partial charge in [-0.1, -0.05) is 366 Å². The molecule has 10 rings (SSSR count). The Labute approximate surface area is 813 Å². The van der Waals surface area contributed by atoms with Crippen molar-refractivity contribution >= 4 is 0 Å². The topological polar surface area (TPSA) is 13.0 Å². The van der Waals surface area contributed by atoms with Crippen LogP contribution in [-0.2, 0) is 0 Å². The average molecular weight is 1800 g/mol. The summed E-state index contributed by atoms with van der Waals surface area (Å²) in [5.41, 5.74) is 10.6. The SMILES string of the molecule is C.CC(C)C1=C(C(C)C)CCC1.CC(C)C1=C(C(C)C)CCCC1.CC(C)C1=C(C(C)C)CCCCC1.CC(C)C1CCCC1C(C)C.CC(C)C1CCCCC1C(C)C.CC(C)C1CCCCCC1C(C)C.CC(C)C1CCCCN1C(C)C.CC(C)C1CCCCN1C(C)C.CC(C)C1CCCCN1C(C)C.CC(C)C1CCCN1C(C)C.CC(C)C=CC(C)C. The molecule has 0 aromatic heterocycles. The molecule has 4 saturated heterocycles. The Hall–Kier alpha value is -1.20. The van der Waals surface area contributed by atoms with Crippen LogP contribution in [0.5, 0.6) is 0 Å². The van der Waals surface area contributed by atoms with Crippen LogP contribution in [0.1, 0.15) is 537 Å². The molecule has 6 aliphatic carbocycles. The van der Waals surface area contributed by atoms with Gasteiger partial charge < -0.3 is 0 Å². The third-order valence-electron chi connectivity index (χ3n) is 32.3. The first kappa shape index (κ1) is 129. The normalized spacial score (nSPS) is 25.0. The lowest BCUT2D eigenvalue weighted by molar-refractivity contribution is 0.0807. The second-order valence-corrected chi connectivity index (χ2v) is 50.1. The fraction of sp³-hybridized carbons (Fsp3) is 0.935.